The zero-order valence-electron chi connectivity index (χ0n) is 10.9. The molecule has 2 nitrogen and oxygen atoms in total. The van der Waals surface area contributed by atoms with Crippen LogP contribution in [0.15, 0.2) is 18.2 Å². The fourth-order valence-corrected chi connectivity index (χ4v) is 3.72. The molecule has 0 saturated carbocycles. The molecule has 0 amide bonds. The van der Waals surface area contributed by atoms with Gasteiger partial charge in [-0.1, -0.05) is 25.4 Å². The highest BCUT2D eigenvalue weighted by Gasteiger charge is 2.21. The van der Waals surface area contributed by atoms with E-state index in [4.69, 9.17) is 11.6 Å². The summed E-state index contributed by atoms with van der Waals surface area (Å²) in [6.07, 6.45) is 1.24. The second-order valence-corrected chi connectivity index (χ2v) is 6.92. The predicted molar refractivity (Wildman–Crippen MR) is 87.6 cm³/mol. The Bertz CT molecular complexity index is 409. The van der Waals surface area contributed by atoms with Crippen molar-refractivity contribution in [3.05, 3.63) is 26.8 Å². The molecule has 1 saturated heterocycles. The second-order valence-electron chi connectivity index (χ2n) is 5.32. The minimum Gasteiger partial charge on any atom is -0.368 e. The Labute approximate surface area is 128 Å². The highest BCUT2D eigenvalue weighted by Crippen LogP contribution is 2.27. The third kappa shape index (κ3) is 3.75. The first kappa shape index (κ1) is 14.4. The zero-order chi connectivity index (χ0) is 13.1. The first-order chi connectivity index (χ1) is 8.56. The molecule has 0 aliphatic carbocycles. The number of halogens is 2. The lowest BCUT2D eigenvalue weighted by Gasteiger charge is -2.36. The molecule has 1 aromatic rings. The van der Waals surface area contributed by atoms with Crippen LogP contribution in [0.3, 0.4) is 0 Å². The van der Waals surface area contributed by atoms with E-state index >= 15 is 0 Å². The average molecular weight is 379 g/mol. The van der Waals surface area contributed by atoms with Gasteiger partial charge in [-0.05, 0) is 53.1 Å². The maximum atomic E-state index is 6.02. The molecule has 1 N–H and O–H groups in total. The van der Waals surface area contributed by atoms with Crippen LogP contribution in [0.5, 0.6) is 0 Å². The van der Waals surface area contributed by atoms with Gasteiger partial charge in [0.25, 0.3) is 0 Å². The molecule has 1 aliphatic heterocycles. The van der Waals surface area contributed by atoms with Gasteiger partial charge in [-0.25, -0.2) is 0 Å². The van der Waals surface area contributed by atoms with E-state index < -0.39 is 0 Å². The van der Waals surface area contributed by atoms with Gasteiger partial charge in [-0.15, -0.1) is 0 Å². The van der Waals surface area contributed by atoms with Gasteiger partial charge in [-0.3, -0.25) is 0 Å². The third-order valence-electron chi connectivity index (χ3n) is 3.26. The fraction of sp³-hybridized carbons (Fsp3) is 0.571. The Morgan fingerprint density at radius 2 is 2.28 bits per heavy atom. The molecule has 100 valence electrons. The van der Waals surface area contributed by atoms with Crippen molar-refractivity contribution in [2.24, 2.45) is 5.92 Å². The lowest BCUT2D eigenvalue weighted by Crippen LogP contribution is -2.51. The molecule has 1 unspecified atom stereocenters. The van der Waals surface area contributed by atoms with Gasteiger partial charge in [-0.2, -0.15) is 0 Å². The van der Waals surface area contributed by atoms with E-state index in [1.807, 2.05) is 12.1 Å². The number of hydrogen-bond acceptors (Lipinski definition) is 2. The number of nitrogens with zero attached hydrogens (tertiary/aromatic N) is 1. The fourth-order valence-electron chi connectivity index (χ4n) is 2.51. The Kier molecular flexibility index (Phi) is 5.15. The van der Waals surface area contributed by atoms with E-state index in [9.17, 15) is 0 Å². The number of anilines is 1. The average Bonchev–Trinajstić information content (AvgIpc) is 2.28. The summed E-state index contributed by atoms with van der Waals surface area (Å²) in [5.41, 5.74) is 1.32. The smallest absolute Gasteiger partial charge is 0.0503 e. The van der Waals surface area contributed by atoms with Crippen LogP contribution >= 0.6 is 34.2 Å². The van der Waals surface area contributed by atoms with Crippen LogP contribution in [0.4, 0.5) is 5.69 Å². The maximum absolute atomic E-state index is 6.02. The Hall–Kier alpha value is -0.0000000000000000763. The predicted octanol–water partition coefficient (Wildman–Crippen LogP) is 3.77. The molecule has 4 heteroatoms. The van der Waals surface area contributed by atoms with E-state index in [0.29, 0.717) is 6.04 Å². The SMILES string of the molecule is CC(C)CC1CN(c2ccc(Cl)cc2I)CCN1. The highest BCUT2D eigenvalue weighted by molar-refractivity contribution is 14.1. The minimum atomic E-state index is 0.602. The molecule has 1 fully saturated rings. The van der Waals surface area contributed by atoms with Crippen LogP contribution in [-0.4, -0.2) is 25.7 Å². The third-order valence-corrected chi connectivity index (χ3v) is 4.36. The molecule has 0 radical (unpaired) electrons. The highest BCUT2D eigenvalue weighted by atomic mass is 127. The largest absolute Gasteiger partial charge is 0.368 e. The molecular weight excluding hydrogens is 359 g/mol. The lowest BCUT2D eigenvalue weighted by atomic mass is 10.0. The molecule has 1 heterocycles. The minimum absolute atomic E-state index is 0.602. The number of nitrogens with one attached hydrogen (secondary N) is 1. The molecule has 1 aliphatic rings. The molecule has 18 heavy (non-hydrogen) atoms. The van der Waals surface area contributed by atoms with Crippen molar-refractivity contribution in [2.75, 3.05) is 24.5 Å². The van der Waals surface area contributed by atoms with Crippen LogP contribution < -0.4 is 10.2 Å². The first-order valence-corrected chi connectivity index (χ1v) is 7.95. The molecule has 0 spiro atoms. The molecule has 0 aromatic heterocycles. The van der Waals surface area contributed by atoms with E-state index in [1.54, 1.807) is 0 Å². The zero-order valence-corrected chi connectivity index (χ0v) is 13.8. The quantitative estimate of drug-likeness (QED) is 0.806. The molecule has 1 aromatic carbocycles. The Balaban J connectivity index is 2.08. The maximum Gasteiger partial charge on any atom is 0.0503 e. The van der Waals surface area contributed by atoms with Crippen LogP contribution in [0.1, 0.15) is 20.3 Å². The summed E-state index contributed by atoms with van der Waals surface area (Å²) in [7, 11) is 0. The van der Waals surface area contributed by atoms with Gasteiger partial charge < -0.3 is 10.2 Å². The lowest BCUT2D eigenvalue weighted by molar-refractivity contribution is 0.388. The van der Waals surface area contributed by atoms with Crippen molar-refractivity contribution in [1.29, 1.82) is 0 Å². The van der Waals surface area contributed by atoms with Gasteiger partial charge in [0.1, 0.15) is 0 Å². The van der Waals surface area contributed by atoms with Gasteiger partial charge in [0.2, 0.25) is 0 Å². The van der Waals surface area contributed by atoms with Crippen molar-refractivity contribution in [3.63, 3.8) is 0 Å². The van der Waals surface area contributed by atoms with Crippen LogP contribution in [0.25, 0.3) is 0 Å². The van der Waals surface area contributed by atoms with Gasteiger partial charge in [0, 0.05) is 34.3 Å². The number of hydrogen-bond donors (Lipinski definition) is 1. The van der Waals surface area contributed by atoms with Crippen molar-refractivity contribution in [2.45, 2.75) is 26.3 Å². The van der Waals surface area contributed by atoms with Crippen molar-refractivity contribution in [3.8, 4) is 0 Å². The van der Waals surface area contributed by atoms with Crippen molar-refractivity contribution >= 4 is 39.9 Å². The van der Waals surface area contributed by atoms with Crippen molar-refractivity contribution in [1.82, 2.24) is 5.32 Å². The molecule has 0 bridgehead atoms. The number of benzene rings is 1. The first-order valence-electron chi connectivity index (χ1n) is 6.49. The Morgan fingerprint density at radius 3 is 2.94 bits per heavy atom. The van der Waals surface area contributed by atoms with Gasteiger partial charge in [0.05, 0.1) is 5.69 Å². The summed E-state index contributed by atoms with van der Waals surface area (Å²) in [5.74, 6) is 0.742. The molecule has 2 rings (SSSR count). The van der Waals surface area contributed by atoms with Gasteiger partial charge in [0.15, 0.2) is 0 Å². The summed E-state index contributed by atoms with van der Waals surface area (Å²) in [6, 6.07) is 6.77. The summed E-state index contributed by atoms with van der Waals surface area (Å²) >= 11 is 8.39. The molecule has 1 atom stereocenters. The van der Waals surface area contributed by atoms with Crippen molar-refractivity contribution < 1.29 is 0 Å². The van der Waals surface area contributed by atoms with Crippen LogP contribution in [0.2, 0.25) is 5.02 Å². The van der Waals surface area contributed by atoms with E-state index in [-0.39, 0.29) is 0 Å². The normalized spacial score (nSPS) is 20.5. The number of rotatable bonds is 3. The summed E-state index contributed by atoms with van der Waals surface area (Å²) in [4.78, 5) is 2.47. The monoisotopic (exact) mass is 378 g/mol. The second kappa shape index (κ2) is 6.44. The summed E-state index contributed by atoms with van der Waals surface area (Å²) in [6.45, 7) is 7.80. The molecular formula is C14H20ClIN2. The number of piperazine rings is 1. The van der Waals surface area contributed by atoms with E-state index in [2.05, 4.69) is 52.7 Å². The standard InChI is InChI=1S/C14H20ClIN2/c1-10(2)7-12-9-18(6-5-17-12)14-4-3-11(15)8-13(14)16/h3-4,8,10,12,17H,5-7,9H2,1-2H3. The topological polar surface area (TPSA) is 15.3 Å². The van der Waals surface area contributed by atoms with Gasteiger partial charge >= 0.3 is 0 Å². The van der Waals surface area contributed by atoms with E-state index in [1.165, 1.54) is 15.7 Å². The van der Waals surface area contributed by atoms with Crippen LogP contribution in [-0.2, 0) is 0 Å². The summed E-state index contributed by atoms with van der Waals surface area (Å²) in [5, 5.41) is 4.43. The summed E-state index contributed by atoms with van der Waals surface area (Å²) < 4.78 is 1.24. The van der Waals surface area contributed by atoms with Crippen LogP contribution in [0, 0.1) is 9.49 Å². The Morgan fingerprint density at radius 1 is 1.50 bits per heavy atom. The van der Waals surface area contributed by atoms with E-state index in [0.717, 1.165) is 30.6 Å².